The van der Waals surface area contributed by atoms with E-state index < -0.39 is 7.60 Å². The van der Waals surface area contributed by atoms with Gasteiger partial charge >= 0.3 is 7.60 Å². The van der Waals surface area contributed by atoms with Crippen molar-refractivity contribution in [1.82, 2.24) is 0 Å². The van der Waals surface area contributed by atoms with Crippen molar-refractivity contribution < 1.29 is 13.6 Å². The standard InChI is InChI=1S/C21H21O3P/c1-17(18-11-5-3-6-12-18)20-15-9-10-16-21(20)24-25(2,22)23-19-13-7-4-8-14-19/h3-17H,1-2H3. The number of benzene rings is 3. The second kappa shape index (κ2) is 7.58. The van der Waals surface area contributed by atoms with Gasteiger partial charge in [-0.15, -0.1) is 0 Å². The van der Waals surface area contributed by atoms with Gasteiger partial charge in [-0.05, 0) is 23.8 Å². The van der Waals surface area contributed by atoms with Gasteiger partial charge in [0, 0.05) is 11.5 Å². The van der Waals surface area contributed by atoms with Gasteiger partial charge in [0.25, 0.3) is 0 Å². The molecule has 0 saturated heterocycles. The lowest BCUT2D eigenvalue weighted by Crippen LogP contribution is -2.03. The Morgan fingerprint density at radius 2 is 1.32 bits per heavy atom. The zero-order valence-electron chi connectivity index (χ0n) is 14.3. The molecule has 0 aliphatic carbocycles. The fourth-order valence-corrected chi connectivity index (χ4v) is 3.78. The van der Waals surface area contributed by atoms with Crippen molar-refractivity contribution in [3.63, 3.8) is 0 Å². The zero-order valence-corrected chi connectivity index (χ0v) is 15.2. The van der Waals surface area contributed by atoms with Crippen molar-refractivity contribution >= 4 is 7.60 Å². The third kappa shape index (κ3) is 4.52. The second-order valence-corrected chi connectivity index (χ2v) is 7.84. The smallest absolute Gasteiger partial charge is 0.416 e. The van der Waals surface area contributed by atoms with Gasteiger partial charge in [-0.3, -0.25) is 0 Å². The van der Waals surface area contributed by atoms with Gasteiger partial charge in [0.15, 0.2) is 0 Å². The molecular formula is C21H21O3P. The summed E-state index contributed by atoms with van der Waals surface area (Å²) in [5.41, 5.74) is 2.15. The van der Waals surface area contributed by atoms with Crippen LogP contribution in [0.5, 0.6) is 11.5 Å². The van der Waals surface area contributed by atoms with Crippen molar-refractivity contribution in [3.8, 4) is 11.5 Å². The summed E-state index contributed by atoms with van der Waals surface area (Å²) < 4.78 is 24.2. The van der Waals surface area contributed by atoms with Crippen molar-refractivity contribution in [1.29, 1.82) is 0 Å². The highest BCUT2D eigenvalue weighted by Gasteiger charge is 2.23. The van der Waals surface area contributed by atoms with Crippen LogP contribution in [0.2, 0.25) is 0 Å². The molecule has 0 N–H and O–H groups in total. The zero-order chi connectivity index (χ0) is 17.7. The van der Waals surface area contributed by atoms with E-state index in [4.69, 9.17) is 9.05 Å². The van der Waals surface area contributed by atoms with E-state index in [1.165, 1.54) is 12.2 Å². The minimum Gasteiger partial charge on any atom is -0.416 e. The molecule has 2 unspecified atom stereocenters. The summed E-state index contributed by atoms with van der Waals surface area (Å²) in [6.45, 7) is 3.60. The molecule has 0 fully saturated rings. The molecule has 0 saturated carbocycles. The highest BCUT2D eigenvalue weighted by Crippen LogP contribution is 2.47. The molecule has 0 aliphatic heterocycles. The van der Waals surface area contributed by atoms with Crippen LogP contribution in [-0.2, 0) is 4.57 Å². The van der Waals surface area contributed by atoms with Gasteiger partial charge in [0.2, 0.25) is 0 Å². The summed E-state index contributed by atoms with van der Waals surface area (Å²) in [6, 6.07) is 26.9. The van der Waals surface area contributed by atoms with E-state index >= 15 is 0 Å². The number of rotatable bonds is 6. The fourth-order valence-electron chi connectivity index (χ4n) is 2.71. The SMILES string of the molecule is CC(c1ccccc1)c1ccccc1OP(C)(=O)Oc1ccccc1. The average molecular weight is 352 g/mol. The minimum atomic E-state index is -3.29. The van der Waals surface area contributed by atoms with Crippen LogP contribution in [0, 0.1) is 0 Å². The van der Waals surface area contributed by atoms with Crippen molar-refractivity contribution in [3.05, 3.63) is 96.1 Å². The van der Waals surface area contributed by atoms with Crippen LogP contribution in [0.3, 0.4) is 0 Å². The van der Waals surface area contributed by atoms with Crippen LogP contribution in [0.15, 0.2) is 84.9 Å². The summed E-state index contributed by atoms with van der Waals surface area (Å²) >= 11 is 0. The number of para-hydroxylation sites is 2. The van der Waals surface area contributed by atoms with E-state index in [1.54, 1.807) is 12.1 Å². The molecular weight excluding hydrogens is 331 g/mol. The molecule has 128 valence electrons. The van der Waals surface area contributed by atoms with Crippen LogP contribution in [-0.4, -0.2) is 6.66 Å². The fraction of sp³-hybridized carbons (Fsp3) is 0.143. The lowest BCUT2D eigenvalue weighted by Gasteiger charge is -2.21. The number of hydrogen-bond acceptors (Lipinski definition) is 3. The maximum Gasteiger partial charge on any atom is 0.427 e. The van der Waals surface area contributed by atoms with Crippen LogP contribution in [0.25, 0.3) is 0 Å². The van der Waals surface area contributed by atoms with Crippen molar-refractivity contribution in [2.45, 2.75) is 12.8 Å². The third-order valence-corrected chi connectivity index (χ3v) is 5.03. The molecule has 3 aromatic rings. The van der Waals surface area contributed by atoms with Gasteiger partial charge in [-0.1, -0.05) is 73.7 Å². The monoisotopic (exact) mass is 352 g/mol. The molecule has 0 bridgehead atoms. The maximum atomic E-state index is 12.8. The Labute approximate surface area is 148 Å². The Morgan fingerprint density at radius 1 is 0.760 bits per heavy atom. The van der Waals surface area contributed by atoms with Crippen molar-refractivity contribution in [2.24, 2.45) is 0 Å². The topological polar surface area (TPSA) is 35.5 Å². The first kappa shape index (κ1) is 17.3. The lowest BCUT2D eigenvalue weighted by molar-refractivity contribution is 0.391. The molecule has 3 aromatic carbocycles. The summed E-state index contributed by atoms with van der Waals surface area (Å²) in [7, 11) is -3.29. The predicted octanol–water partition coefficient (Wildman–Crippen LogP) is 6.12. The van der Waals surface area contributed by atoms with E-state index in [0.717, 1.165) is 5.56 Å². The van der Waals surface area contributed by atoms with Crippen LogP contribution >= 0.6 is 7.60 Å². The molecule has 2 atom stereocenters. The molecule has 0 aromatic heterocycles. The van der Waals surface area contributed by atoms with Crippen LogP contribution in [0.4, 0.5) is 0 Å². The Kier molecular flexibility index (Phi) is 5.25. The molecule has 0 heterocycles. The largest absolute Gasteiger partial charge is 0.427 e. The van der Waals surface area contributed by atoms with Crippen LogP contribution < -0.4 is 9.05 Å². The Hall–Kier alpha value is -2.51. The Balaban J connectivity index is 1.84. The quantitative estimate of drug-likeness (QED) is 0.501. The highest BCUT2D eigenvalue weighted by atomic mass is 31.2. The lowest BCUT2D eigenvalue weighted by atomic mass is 9.93. The van der Waals surface area contributed by atoms with E-state index in [9.17, 15) is 4.57 Å². The summed E-state index contributed by atoms with van der Waals surface area (Å²) in [4.78, 5) is 0. The molecule has 0 aliphatic rings. The number of hydrogen-bond donors (Lipinski definition) is 0. The molecule has 0 spiro atoms. The third-order valence-electron chi connectivity index (χ3n) is 3.96. The molecule has 0 radical (unpaired) electrons. The summed E-state index contributed by atoms with van der Waals surface area (Å²) in [5, 5.41) is 0. The summed E-state index contributed by atoms with van der Waals surface area (Å²) in [6.07, 6.45) is 0. The molecule has 3 rings (SSSR count). The van der Waals surface area contributed by atoms with Gasteiger partial charge in [-0.2, -0.15) is 0 Å². The normalized spacial score (nSPS) is 14.3. The first-order valence-corrected chi connectivity index (χ1v) is 10.2. The molecule has 4 heteroatoms. The van der Waals surface area contributed by atoms with E-state index in [2.05, 4.69) is 19.1 Å². The van der Waals surface area contributed by atoms with Gasteiger partial charge in [0.05, 0.1) is 6.66 Å². The molecule has 3 nitrogen and oxygen atoms in total. The van der Waals surface area contributed by atoms with Crippen LogP contribution in [0.1, 0.15) is 24.0 Å². The van der Waals surface area contributed by atoms with E-state index in [0.29, 0.717) is 11.5 Å². The molecule has 0 amide bonds. The highest BCUT2D eigenvalue weighted by molar-refractivity contribution is 7.53. The average Bonchev–Trinajstić information content (AvgIpc) is 2.62. The maximum absolute atomic E-state index is 12.8. The minimum absolute atomic E-state index is 0.120. The van der Waals surface area contributed by atoms with Gasteiger partial charge < -0.3 is 9.05 Å². The first-order valence-electron chi connectivity index (χ1n) is 8.21. The summed E-state index contributed by atoms with van der Waals surface area (Å²) in [5.74, 6) is 1.23. The first-order chi connectivity index (χ1) is 12.1. The Bertz CT molecular complexity index is 863. The second-order valence-electron chi connectivity index (χ2n) is 5.94. The van der Waals surface area contributed by atoms with E-state index in [1.807, 2.05) is 60.7 Å². The predicted molar refractivity (Wildman–Crippen MR) is 102 cm³/mol. The van der Waals surface area contributed by atoms with Gasteiger partial charge in [0.1, 0.15) is 11.5 Å². The van der Waals surface area contributed by atoms with Crippen molar-refractivity contribution in [2.75, 3.05) is 6.66 Å². The molecule has 25 heavy (non-hydrogen) atoms. The Morgan fingerprint density at radius 3 is 2.00 bits per heavy atom. The van der Waals surface area contributed by atoms with Gasteiger partial charge in [-0.25, -0.2) is 4.57 Å². The van der Waals surface area contributed by atoms with E-state index in [-0.39, 0.29) is 5.92 Å².